The number of benzene rings is 1. The average molecular weight is 370 g/mol. The van der Waals surface area contributed by atoms with E-state index in [0.29, 0.717) is 29.1 Å². The lowest BCUT2D eigenvalue weighted by atomic mass is 10.2. The molecule has 7 heteroatoms. The van der Waals surface area contributed by atoms with Crippen molar-refractivity contribution in [3.8, 4) is 0 Å². The zero-order chi connectivity index (χ0) is 18.1. The van der Waals surface area contributed by atoms with Crippen LogP contribution in [0, 0.1) is 12.7 Å². The molecule has 0 spiro atoms. The Morgan fingerprint density at radius 2 is 2.27 bits per heavy atom. The topological polar surface area (TPSA) is 58.1 Å². The molecule has 0 unspecified atom stereocenters. The number of aromatic nitrogens is 2. The van der Waals surface area contributed by atoms with Gasteiger partial charge in [-0.25, -0.2) is 14.4 Å². The van der Waals surface area contributed by atoms with Crippen LogP contribution >= 0.6 is 11.3 Å². The normalized spacial score (nSPS) is 17.0. The summed E-state index contributed by atoms with van der Waals surface area (Å²) in [4.78, 5) is 24.9. The summed E-state index contributed by atoms with van der Waals surface area (Å²) in [5.41, 5.74) is 1.41. The molecule has 3 aromatic rings. The van der Waals surface area contributed by atoms with Gasteiger partial charge in [0.05, 0.1) is 17.8 Å². The number of carbonyl (C=O) groups is 1. The summed E-state index contributed by atoms with van der Waals surface area (Å²) in [7, 11) is 0. The Kier molecular flexibility index (Phi) is 4.55. The van der Waals surface area contributed by atoms with Gasteiger partial charge in [0.2, 0.25) is 11.9 Å². The fourth-order valence-corrected chi connectivity index (χ4v) is 4.00. The Labute approximate surface area is 154 Å². The summed E-state index contributed by atoms with van der Waals surface area (Å²) in [5.74, 6) is 0.232. The maximum absolute atomic E-state index is 13.5. The first-order chi connectivity index (χ1) is 12.6. The predicted molar refractivity (Wildman–Crippen MR) is 101 cm³/mol. The van der Waals surface area contributed by atoms with Crippen LogP contribution in [0.1, 0.15) is 23.4 Å². The molecule has 5 nitrogen and oxygen atoms in total. The molecule has 1 aliphatic heterocycles. The van der Waals surface area contributed by atoms with E-state index in [2.05, 4.69) is 15.3 Å². The van der Waals surface area contributed by atoms with Crippen molar-refractivity contribution in [2.45, 2.75) is 32.4 Å². The summed E-state index contributed by atoms with van der Waals surface area (Å²) >= 11 is 1.63. The van der Waals surface area contributed by atoms with Crippen LogP contribution < -0.4 is 10.2 Å². The summed E-state index contributed by atoms with van der Waals surface area (Å²) in [6, 6.07) is 8.21. The van der Waals surface area contributed by atoms with Gasteiger partial charge in [0.15, 0.2) is 0 Å². The van der Waals surface area contributed by atoms with Crippen molar-refractivity contribution in [3.63, 3.8) is 0 Å². The Balaban J connectivity index is 1.57. The molecule has 0 bridgehead atoms. The Morgan fingerprint density at radius 3 is 3.08 bits per heavy atom. The second-order valence-corrected chi connectivity index (χ2v) is 7.45. The number of anilines is 1. The molecule has 4 rings (SSSR count). The third kappa shape index (κ3) is 3.26. The predicted octanol–water partition coefficient (Wildman–Crippen LogP) is 3.42. The molecule has 0 aliphatic carbocycles. The lowest BCUT2D eigenvalue weighted by molar-refractivity contribution is -0.122. The maximum Gasteiger partial charge on any atom is 0.243 e. The Bertz CT molecular complexity index is 944. The lowest BCUT2D eigenvalue weighted by Gasteiger charge is -2.24. The van der Waals surface area contributed by atoms with Crippen LogP contribution in [0.5, 0.6) is 0 Å². The molecule has 1 amide bonds. The number of halogens is 1. The van der Waals surface area contributed by atoms with Gasteiger partial charge in [-0.15, -0.1) is 11.3 Å². The van der Waals surface area contributed by atoms with Gasteiger partial charge in [-0.1, -0.05) is 6.07 Å². The summed E-state index contributed by atoms with van der Waals surface area (Å²) in [6.45, 7) is 3.12. The molecular formula is C19H19FN4OS. The number of rotatable bonds is 4. The van der Waals surface area contributed by atoms with E-state index >= 15 is 0 Å². The van der Waals surface area contributed by atoms with E-state index < -0.39 is 0 Å². The van der Waals surface area contributed by atoms with E-state index in [0.717, 1.165) is 24.3 Å². The molecule has 26 heavy (non-hydrogen) atoms. The van der Waals surface area contributed by atoms with Crippen LogP contribution in [-0.2, 0) is 11.3 Å². The van der Waals surface area contributed by atoms with E-state index in [1.54, 1.807) is 17.4 Å². The van der Waals surface area contributed by atoms with Gasteiger partial charge in [0.25, 0.3) is 0 Å². The molecule has 0 saturated carbocycles. The minimum Gasteiger partial charge on any atom is -0.349 e. The van der Waals surface area contributed by atoms with Crippen LogP contribution in [0.15, 0.2) is 35.7 Å². The Morgan fingerprint density at radius 1 is 1.38 bits per heavy atom. The highest BCUT2D eigenvalue weighted by Gasteiger charge is 2.32. The first-order valence-electron chi connectivity index (χ1n) is 8.62. The van der Waals surface area contributed by atoms with Crippen molar-refractivity contribution >= 4 is 34.1 Å². The van der Waals surface area contributed by atoms with E-state index in [-0.39, 0.29) is 17.8 Å². The fourth-order valence-electron chi connectivity index (χ4n) is 3.35. The van der Waals surface area contributed by atoms with Crippen LogP contribution in [0.4, 0.5) is 10.3 Å². The second kappa shape index (κ2) is 6.99. The molecule has 1 fully saturated rings. The van der Waals surface area contributed by atoms with E-state index in [1.807, 2.05) is 29.3 Å². The monoisotopic (exact) mass is 370 g/mol. The molecule has 1 aliphatic rings. The van der Waals surface area contributed by atoms with Crippen LogP contribution in [0.3, 0.4) is 0 Å². The van der Waals surface area contributed by atoms with Crippen molar-refractivity contribution in [1.29, 1.82) is 0 Å². The van der Waals surface area contributed by atoms with Crippen molar-refractivity contribution in [2.24, 2.45) is 0 Å². The standard InChI is InChI=1S/C19H19FN4OS/c1-12-15-10-13(20)6-7-16(15)23-19(22-12)24-8-2-5-17(24)18(25)21-11-14-4-3-9-26-14/h3-4,6-7,9-10,17H,2,5,8,11H2,1H3,(H,21,25)/t17-/m1/s1. The number of carbonyl (C=O) groups excluding carboxylic acids is 1. The molecule has 0 radical (unpaired) electrons. The second-order valence-electron chi connectivity index (χ2n) is 6.42. The molecule has 1 N–H and O–H groups in total. The third-order valence-corrected chi connectivity index (χ3v) is 5.54. The summed E-state index contributed by atoms with van der Waals surface area (Å²) < 4.78 is 13.5. The van der Waals surface area contributed by atoms with E-state index in [4.69, 9.17) is 0 Å². The highest BCUT2D eigenvalue weighted by molar-refractivity contribution is 7.09. The van der Waals surface area contributed by atoms with Crippen molar-refractivity contribution in [3.05, 3.63) is 52.1 Å². The largest absolute Gasteiger partial charge is 0.349 e. The average Bonchev–Trinajstić information content (AvgIpc) is 3.32. The minimum atomic E-state index is -0.302. The fraction of sp³-hybridized carbons (Fsp3) is 0.316. The quantitative estimate of drug-likeness (QED) is 0.764. The van der Waals surface area contributed by atoms with Gasteiger partial charge in [0.1, 0.15) is 11.9 Å². The third-order valence-electron chi connectivity index (χ3n) is 4.67. The number of aryl methyl sites for hydroxylation is 1. The zero-order valence-electron chi connectivity index (χ0n) is 14.4. The smallest absolute Gasteiger partial charge is 0.243 e. The van der Waals surface area contributed by atoms with Gasteiger partial charge >= 0.3 is 0 Å². The maximum atomic E-state index is 13.5. The molecular weight excluding hydrogens is 351 g/mol. The number of nitrogens with one attached hydrogen (secondary N) is 1. The summed E-state index contributed by atoms with van der Waals surface area (Å²) in [5, 5.41) is 5.71. The molecule has 134 valence electrons. The highest BCUT2D eigenvalue weighted by Crippen LogP contribution is 2.26. The lowest BCUT2D eigenvalue weighted by Crippen LogP contribution is -2.43. The van der Waals surface area contributed by atoms with Gasteiger partial charge in [-0.05, 0) is 49.4 Å². The molecule has 1 aromatic carbocycles. The summed E-state index contributed by atoms with van der Waals surface area (Å²) in [6.07, 6.45) is 1.70. The zero-order valence-corrected chi connectivity index (χ0v) is 15.2. The van der Waals surface area contributed by atoms with Crippen LogP contribution in [-0.4, -0.2) is 28.5 Å². The SMILES string of the molecule is Cc1nc(N2CCC[C@@H]2C(=O)NCc2cccs2)nc2ccc(F)cc12. The number of nitrogens with zero attached hydrogens (tertiary/aromatic N) is 3. The minimum absolute atomic E-state index is 0.00337. The molecule has 2 aromatic heterocycles. The number of hydrogen-bond donors (Lipinski definition) is 1. The van der Waals surface area contributed by atoms with Gasteiger partial charge in [-0.2, -0.15) is 0 Å². The molecule has 1 saturated heterocycles. The van der Waals surface area contributed by atoms with Gasteiger partial charge < -0.3 is 10.2 Å². The Hall–Kier alpha value is -2.54. The van der Waals surface area contributed by atoms with E-state index in [9.17, 15) is 9.18 Å². The first-order valence-corrected chi connectivity index (χ1v) is 9.50. The van der Waals surface area contributed by atoms with Crippen LogP contribution in [0.25, 0.3) is 10.9 Å². The first kappa shape index (κ1) is 16.9. The molecule has 1 atom stereocenters. The van der Waals surface area contributed by atoms with Gasteiger partial charge in [0, 0.05) is 16.8 Å². The highest BCUT2D eigenvalue weighted by atomic mass is 32.1. The number of fused-ring (bicyclic) bond motifs is 1. The number of hydrogen-bond acceptors (Lipinski definition) is 5. The molecule has 3 heterocycles. The van der Waals surface area contributed by atoms with Crippen molar-refractivity contribution < 1.29 is 9.18 Å². The van der Waals surface area contributed by atoms with E-state index in [1.165, 1.54) is 12.1 Å². The number of amides is 1. The van der Waals surface area contributed by atoms with Gasteiger partial charge in [-0.3, -0.25) is 4.79 Å². The van der Waals surface area contributed by atoms with Crippen molar-refractivity contribution in [2.75, 3.05) is 11.4 Å². The van der Waals surface area contributed by atoms with Crippen LogP contribution in [0.2, 0.25) is 0 Å². The number of thiophene rings is 1. The van der Waals surface area contributed by atoms with Crippen molar-refractivity contribution in [1.82, 2.24) is 15.3 Å².